The van der Waals surface area contributed by atoms with Gasteiger partial charge in [-0.2, -0.15) is 0 Å². The van der Waals surface area contributed by atoms with Crippen LogP contribution in [0.5, 0.6) is 0 Å². The summed E-state index contributed by atoms with van der Waals surface area (Å²) >= 11 is 0. The van der Waals surface area contributed by atoms with Gasteiger partial charge < -0.3 is 18.8 Å². The third-order valence-corrected chi connectivity index (χ3v) is 24.9. The van der Waals surface area contributed by atoms with Crippen LogP contribution in [0.1, 0.15) is 116 Å². The first kappa shape index (κ1) is 63.1. The summed E-state index contributed by atoms with van der Waals surface area (Å²) in [5.41, 5.74) is 25.6. The van der Waals surface area contributed by atoms with Crippen molar-refractivity contribution in [2.45, 2.75) is 105 Å². The van der Waals surface area contributed by atoms with E-state index < -0.39 is 43.0 Å². The predicted octanol–water partition coefficient (Wildman–Crippen LogP) is 29.0. The van der Waals surface area contributed by atoms with E-state index >= 15 is 0 Å². The maximum Gasteiger partial charge on any atom is 0.252 e. The molecule has 0 spiro atoms. The lowest BCUT2D eigenvalue weighted by atomic mass is 9.33. The van der Waals surface area contributed by atoms with Gasteiger partial charge in [0, 0.05) is 77.3 Å². The monoisotopic (exact) mass is 1510 g/mol. The van der Waals surface area contributed by atoms with Gasteiger partial charge in [-0.05, 0) is 182 Å². The number of hydrogen-bond donors (Lipinski definition) is 0. The fourth-order valence-electron chi connectivity index (χ4n) is 19.0. The number of fused-ring (bicyclic) bond motifs is 18. The number of anilines is 6. The second kappa shape index (κ2) is 26.7. The highest BCUT2D eigenvalue weighted by molar-refractivity contribution is 7.00. The highest BCUT2D eigenvalue weighted by Crippen LogP contribution is 2.58. The van der Waals surface area contributed by atoms with Crippen LogP contribution in [0.2, 0.25) is 0 Å². The standard InChI is InChI=1S/C112H93BN4/c1-109(2,3)76-60-75(61-77(63-76)110(4,5)6)74-56-58-94-99(62-74)117(107-92(72-40-21-15-22-41-72)66-79(112(10,11)12)67-93(107)73-42-23-16-24-43-73)108-103-89-52-35-51-88-84-47-28-26-45-82(84)81-44-25-27-46-83(81)85-48-29-34-55-98(85)115(105(88)89)101(103)69-102-104(108)113(94)95-59-57-80(114-96-53-32-30-49-86(96)87-50-31-33-54-97(87)114)68-100(95)116(102)106-90(70-36-17-13-18-37-70)64-78(111(7,8)9)65-91(106)71-38-19-14-20-39-71/h13-69H,1-12H3/i30D,31D,32D,33D,49D,50D,53D,54D. The van der Waals surface area contributed by atoms with Gasteiger partial charge in [-0.3, -0.25) is 0 Å². The minimum atomic E-state index is -0.604. The zero-order valence-corrected chi connectivity index (χ0v) is 68.2. The van der Waals surface area contributed by atoms with E-state index in [1.54, 1.807) is 4.57 Å². The lowest BCUT2D eigenvalue weighted by molar-refractivity contribution is 0.569. The van der Waals surface area contributed by atoms with Crippen LogP contribution in [0.15, 0.2) is 346 Å². The Balaban J connectivity index is 1.06. The summed E-state index contributed by atoms with van der Waals surface area (Å²) in [5.74, 6) is 0. The van der Waals surface area contributed by atoms with Gasteiger partial charge in [0.25, 0.3) is 6.71 Å². The van der Waals surface area contributed by atoms with Crippen molar-refractivity contribution in [1.82, 2.24) is 8.97 Å². The molecule has 2 aliphatic rings. The van der Waals surface area contributed by atoms with Gasteiger partial charge in [-0.15, -0.1) is 0 Å². The number of rotatable bonds is 8. The first-order chi connectivity index (χ1) is 59.9. The first-order valence-corrected chi connectivity index (χ1v) is 41.0. The Hall–Kier alpha value is -13.2. The fourth-order valence-corrected chi connectivity index (χ4v) is 19.0. The number of aromatic nitrogens is 2. The molecule has 16 aromatic carbocycles. The summed E-state index contributed by atoms with van der Waals surface area (Å²) in [5, 5.41) is 8.62. The van der Waals surface area contributed by atoms with E-state index in [4.69, 9.17) is 0 Å². The molecule has 2 aliphatic heterocycles. The van der Waals surface area contributed by atoms with Crippen LogP contribution < -0.4 is 26.2 Å². The van der Waals surface area contributed by atoms with Crippen molar-refractivity contribution in [3.63, 3.8) is 0 Å². The number of para-hydroxylation sites is 4. The van der Waals surface area contributed by atoms with Crippen molar-refractivity contribution in [3.8, 4) is 61.3 Å². The molecule has 5 heterocycles. The number of nitrogens with zero attached hydrogens (tertiary/aromatic N) is 4. The van der Waals surface area contributed by atoms with E-state index in [0.29, 0.717) is 5.69 Å². The molecule has 19 aromatic rings. The summed E-state index contributed by atoms with van der Waals surface area (Å²) in [7, 11) is 0. The van der Waals surface area contributed by atoms with Crippen LogP contribution in [0, 0.1) is 0 Å². The van der Waals surface area contributed by atoms with Crippen LogP contribution >= 0.6 is 0 Å². The maximum atomic E-state index is 10.1. The largest absolute Gasteiger partial charge is 0.310 e. The molecule has 21 rings (SSSR count). The molecule has 0 unspecified atom stereocenters. The molecule has 0 fully saturated rings. The second-order valence-electron chi connectivity index (χ2n) is 36.2. The predicted molar refractivity (Wildman–Crippen MR) is 504 cm³/mol. The zero-order valence-electron chi connectivity index (χ0n) is 76.2. The molecular weight excluding hydrogens is 1410 g/mol. The van der Waals surface area contributed by atoms with E-state index in [2.05, 4.69) is 388 Å². The van der Waals surface area contributed by atoms with Gasteiger partial charge >= 0.3 is 0 Å². The normalized spacial score (nSPS) is 14.0. The van der Waals surface area contributed by atoms with Gasteiger partial charge in [-0.25, -0.2) is 0 Å². The van der Waals surface area contributed by atoms with Crippen LogP contribution in [-0.2, 0) is 21.7 Å². The molecule has 0 atom stereocenters. The molecule has 0 aliphatic carbocycles. The fraction of sp³-hybridized carbons (Fsp3) is 0.143. The molecular formula is C112H93BN4. The third-order valence-electron chi connectivity index (χ3n) is 24.9. The van der Waals surface area contributed by atoms with Gasteiger partial charge in [-0.1, -0.05) is 362 Å². The molecule has 0 bridgehead atoms. The van der Waals surface area contributed by atoms with Crippen LogP contribution in [0.3, 0.4) is 0 Å². The van der Waals surface area contributed by atoms with Crippen molar-refractivity contribution < 1.29 is 11.0 Å². The van der Waals surface area contributed by atoms with Crippen LogP contribution in [0.4, 0.5) is 34.1 Å². The maximum absolute atomic E-state index is 10.1. The second-order valence-corrected chi connectivity index (χ2v) is 36.2. The van der Waals surface area contributed by atoms with Crippen molar-refractivity contribution in [1.29, 1.82) is 0 Å². The van der Waals surface area contributed by atoms with Crippen LogP contribution in [0.25, 0.3) is 143 Å². The third kappa shape index (κ3) is 11.5. The van der Waals surface area contributed by atoms with E-state index in [-0.39, 0.29) is 55.6 Å². The van der Waals surface area contributed by atoms with Gasteiger partial charge in [0.15, 0.2) is 0 Å². The Morgan fingerprint density at radius 2 is 0.658 bits per heavy atom. The minimum absolute atomic E-state index is 0.00201. The zero-order chi connectivity index (χ0) is 86.7. The van der Waals surface area contributed by atoms with Crippen molar-refractivity contribution >= 4 is 139 Å². The first-order valence-electron chi connectivity index (χ1n) is 45.0. The number of hydrogen-bond acceptors (Lipinski definition) is 2. The summed E-state index contributed by atoms with van der Waals surface area (Å²) in [6.45, 7) is 27.0. The molecule has 3 aromatic heterocycles. The summed E-state index contributed by atoms with van der Waals surface area (Å²) < 4.78 is 81.6. The highest BCUT2D eigenvalue weighted by Gasteiger charge is 2.48. The molecule has 0 radical (unpaired) electrons. The summed E-state index contributed by atoms with van der Waals surface area (Å²) in [6.07, 6.45) is 0. The topological polar surface area (TPSA) is 15.8 Å². The average molecular weight is 1510 g/mol. The molecule has 0 saturated heterocycles. The molecule has 5 heteroatoms. The SMILES string of the molecule is [2H]c1c([2H])c([2H])c2c(c1[2H])c1c([2H])c([2H])c([2H])c([2H])c1n2-c1ccc2c(c1)N(c1c(-c3ccccc3)cc(C(C)(C)C)cc1-c1ccccc1)c1cc3c(c4c1B2c1ccc(-c2cc(C(C)(C)C)cc(C(C)(C)C)c2)cc1N4c1c(-c2ccccc2)cc(C(C)(C)C)cc1-c1ccccc1)c1cccc2c4ccccc4c4ccccc4c4ccccc4n3c21. The van der Waals surface area contributed by atoms with E-state index in [9.17, 15) is 11.0 Å². The number of benzene rings is 16. The van der Waals surface area contributed by atoms with Gasteiger partial charge in [0.1, 0.15) is 0 Å². The highest BCUT2D eigenvalue weighted by atomic mass is 15.2. The average Bonchev–Trinajstić information content (AvgIpc) is 1.65. The Bertz CT molecular complexity index is 7630. The van der Waals surface area contributed by atoms with Crippen molar-refractivity contribution in [2.75, 3.05) is 9.80 Å². The molecule has 564 valence electrons. The lowest BCUT2D eigenvalue weighted by Gasteiger charge is -2.46. The Morgan fingerprint density at radius 3 is 1.15 bits per heavy atom. The van der Waals surface area contributed by atoms with Crippen LogP contribution in [-0.4, -0.2) is 15.7 Å². The summed E-state index contributed by atoms with van der Waals surface area (Å²) in [4.78, 5) is 5.22. The van der Waals surface area contributed by atoms with E-state index in [1.807, 2.05) is 6.07 Å². The smallest absolute Gasteiger partial charge is 0.252 e. The van der Waals surface area contributed by atoms with Gasteiger partial charge in [0.2, 0.25) is 0 Å². The Labute approximate surface area is 698 Å². The molecule has 117 heavy (non-hydrogen) atoms. The quantitative estimate of drug-likeness (QED) is 0.141. The molecule has 4 nitrogen and oxygen atoms in total. The molecule has 0 amide bonds. The minimum Gasteiger partial charge on any atom is -0.310 e. The Morgan fingerprint density at radius 1 is 0.265 bits per heavy atom. The molecule has 0 N–H and O–H groups in total. The van der Waals surface area contributed by atoms with Crippen molar-refractivity contribution in [3.05, 3.63) is 368 Å². The summed E-state index contributed by atoms with van der Waals surface area (Å²) in [6, 6.07) is 107. The lowest BCUT2D eigenvalue weighted by Crippen LogP contribution is -2.61. The van der Waals surface area contributed by atoms with Gasteiger partial charge in [0.05, 0.1) is 55.6 Å². The van der Waals surface area contributed by atoms with E-state index in [1.165, 1.54) is 16.7 Å². The van der Waals surface area contributed by atoms with Crippen molar-refractivity contribution in [2.24, 2.45) is 0 Å². The molecule has 0 saturated carbocycles. The van der Waals surface area contributed by atoms with E-state index in [0.717, 1.165) is 171 Å². The Kier molecular flexibility index (Phi) is 14.4.